The van der Waals surface area contributed by atoms with Crippen LogP contribution in [-0.4, -0.2) is 36.0 Å². The minimum Gasteiger partial charge on any atom is -0.506 e. The third-order valence-electron chi connectivity index (χ3n) is 5.66. The summed E-state index contributed by atoms with van der Waals surface area (Å²) in [5, 5.41) is 10.8. The summed E-state index contributed by atoms with van der Waals surface area (Å²) in [5.41, 5.74) is 1.15. The molecule has 11 heteroatoms. The van der Waals surface area contributed by atoms with Crippen molar-refractivity contribution in [1.82, 2.24) is 4.57 Å². The van der Waals surface area contributed by atoms with Gasteiger partial charge in [0.25, 0.3) is 5.56 Å². The van der Waals surface area contributed by atoms with Crippen LogP contribution in [0.4, 0.5) is 0 Å². The van der Waals surface area contributed by atoms with E-state index in [1.54, 1.807) is 32.0 Å². The summed E-state index contributed by atoms with van der Waals surface area (Å²) in [6.45, 7) is 5.82. The number of halogens is 2. The van der Waals surface area contributed by atoms with Crippen molar-refractivity contribution in [1.29, 1.82) is 0 Å². The lowest BCUT2D eigenvalue weighted by Crippen LogP contribution is -2.40. The van der Waals surface area contributed by atoms with Gasteiger partial charge in [0.05, 0.1) is 47.2 Å². The van der Waals surface area contributed by atoms with Gasteiger partial charge < -0.3 is 19.3 Å². The Balaban J connectivity index is 1.99. The van der Waals surface area contributed by atoms with E-state index in [1.807, 2.05) is 6.92 Å². The molecule has 0 radical (unpaired) electrons. The molecule has 0 saturated heterocycles. The highest BCUT2D eigenvalue weighted by atomic mass is 35.5. The Kier molecular flexibility index (Phi) is 7.96. The first-order chi connectivity index (χ1) is 17.7. The van der Waals surface area contributed by atoms with Crippen LogP contribution in [0.25, 0.3) is 6.08 Å². The second kappa shape index (κ2) is 11.0. The number of nitrogens with zero attached hydrogens (tertiary/aromatic N) is 2. The number of fused-ring (bicyclic) bond motifs is 1. The number of benzene rings is 2. The van der Waals surface area contributed by atoms with Crippen LogP contribution in [0.3, 0.4) is 0 Å². The number of thiazole rings is 1. The molecule has 194 valence electrons. The Morgan fingerprint density at radius 1 is 1.19 bits per heavy atom. The van der Waals surface area contributed by atoms with E-state index < -0.39 is 17.6 Å². The summed E-state index contributed by atoms with van der Waals surface area (Å²) in [6.07, 6.45) is 1.50. The average molecular weight is 563 g/mol. The van der Waals surface area contributed by atoms with Gasteiger partial charge in [-0.15, -0.1) is 0 Å². The van der Waals surface area contributed by atoms with Crippen LogP contribution < -0.4 is 24.4 Å². The minimum absolute atomic E-state index is 0.0616. The summed E-state index contributed by atoms with van der Waals surface area (Å²) >= 11 is 13.3. The van der Waals surface area contributed by atoms with Gasteiger partial charge in [0.1, 0.15) is 5.75 Å². The summed E-state index contributed by atoms with van der Waals surface area (Å²) in [7, 11) is 1.53. The number of phenolic OH excluding ortho intramolecular Hbond substituents is 1. The monoisotopic (exact) mass is 562 g/mol. The highest BCUT2D eigenvalue weighted by Gasteiger charge is 2.34. The molecule has 0 unspecified atom stereocenters. The normalized spacial score (nSPS) is 15.3. The molecule has 4 rings (SSSR count). The van der Waals surface area contributed by atoms with Gasteiger partial charge in [-0.2, -0.15) is 0 Å². The summed E-state index contributed by atoms with van der Waals surface area (Å²) in [6, 6.07) is 7.31. The van der Waals surface area contributed by atoms with E-state index in [-0.39, 0.29) is 33.0 Å². The summed E-state index contributed by atoms with van der Waals surface area (Å²) in [4.78, 5) is 31.8. The van der Waals surface area contributed by atoms with Gasteiger partial charge >= 0.3 is 5.97 Å². The Hall–Kier alpha value is -3.27. The quantitative estimate of drug-likeness (QED) is 0.433. The lowest BCUT2D eigenvalue weighted by atomic mass is 9.95. The number of hydrogen-bond donors (Lipinski definition) is 1. The molecule has 0 spiro atoms. The molecule has 0 amide bonds. The molecule has 0 aliphatic carbocycles. The Labute approximate surface area is 226 Å². The van der Waals surface area contributed by atoms with Crippen molar-refractivity contribution in [3.63, 3.8) is 0 Å². The SMILES string of the molecule is CCOC(=O)C1=C(C)N=c2s/c(=C\c3cc(Cl)cc(Cl)c3O)c(=O)n2[C@H]1c1ccc(OC)c(OCC)c1. The Morgan fingerprint density at radius 2 is 1.95 bits per heavy atom. The molecule has 1 aliphatic heterocycles. The third kappa shape index (κ3) is 5.12. The fourth-order valence-electron chi connectivity index (χ4n) is 4.08. The smallest absolute Gasteiger partial charge is 0.338 e. The topological polar surface area (TPSA) is 99.4 Å². The molecule has 1 N–H and O–H groups in total. The van der Waals surface area contributed by atoms with Gasteiger partial charge in [0.2, 0.25) is 0 Å². The Bertz CT molecular complexity index is 1590. The summed E-state index contributed by atoms with van der Waals surface area (Å²) < 4.78 is 18.2. The van der Waals surface area contributed by atoms with E-state index in [4.69, 9.17) is 37.4 Å². The van der Waals surface area contributed by atoms with E-state index in [9.17, 15) is 14.7 Å². The van der Waals surface area contributed by atoms with Crippen molar-refractivity contribution in [2.45, 2.75) is 26.8 Å². The van der Waals surface area contributed by atoms with Crippen LogP contribution in [-0.2, 0) is 9.53 Å². The number of aromatic nitrogens is 1. The van der Waals surface area contributed by atoms with Crippen LogP contribution in [0.1, 0.15) is 37.9 Å². The van der Waals surface area contributed by atoms with Crippen molar-refractivity contribution < 1.29 is 24.1 Å². The molecule has 2 aromatic carbocycles. The van der Waals surface area contributed by atoms with Crippen LogP contribution >= 0.6 is 34.5 Å². The van der Waals surface area contributed by atoms with Gasteiger partial charge in [-0.1, -0.05) is 40.6 Å². The van der Waals surface area contributed by atoms with E-state index in [0.717, 1.165) is 11.3 Å². The number of methoxy groups -OCH3 is 1. The fourth-order valence-corrected chi connectivity index (χ4v) is 5.62. The number of esters is 1. The maximum absolute atomic E-state index is 13.8. The molecule has 2 heterocycles. The number of phenols is 1. The molecular weight excluding hydrogens is 539 g/mol. The first-order valence-electron chi connectivity index (χ1n) is 11.4. The van der Waals surface area contributed by atoms with Crippen molar-refractivity contribution in [3.05, 3.63) is 82.5 Å². The zero-order chi connectivity index (χ0) is 26.9. The predicted molar refractivity (Wildman–Crippen MR) is 143 cm³/mol. The lowest BCUT2D eigenvalue weighted by molar-refractivity contribution is -0.139. The number of aromatic hydroxyl groups is 1. The van der Waals surface area contributed by atoms with E-state index >= 15 is 0 Å². The van der Waals surface area contributed by atoms with Crippen molar-refractivity contribution in [2.75, 3.05) is 20.3 Å². The predicted octanol–water partition coefficient (Wildman–Crippen LogP) is 4.22. The largest absolute Gasteiger partial charge is 0.506 e. The van der Waals surface area contributed by atoms with Crippen LogP contribution in [0, 0.1) is 0 Å². The van der Waals surface area contributed by atoms with E-state index in [2.05, 4.69) is 4.99 Å². The maximum Gasteiger partial charge on any atom is 0.338 e. The Morgan fingerprint density at radius 3 is 2.62 bits per heavy atom. The third-order valence-corrected chi connectivity index (χ3v) is 7.15. The van der Waals surface area contributed by atoms with Crippen molar-refractivity contribution in [2.24, 2.45) is 4.99 Å². The molecule has 37 heavy (non-hydrogen) atoms. The molecule has 1 aromatic heterocycles. The minimum atomic E-state index is -0.834. The van der Waals surface area contributed by atoms with Crippen molar-refractivity contribution in [3.8, 4) is 17.2 Å². The first kappa shape index (κ1) is 26.8. The van der Waals surface area contributed by atoms with Gasteiger partial charge in [0.15, 0.2) is 16.3 Å². The summed E-state index contributed by atoms with van der Waals surface area (Å²) in [5.74, 6) is 0.218. The lowest BCUT2D eigenvalue weighted by Gasteiger charge is -2.25. The molecule has 3 aromatic rings. The fraction of sp³-hybridized carbons (Fsp3) is 0.269. The van der Waals surface area contributed by atoms with Crippen LogP contribution in [0.5, 0.6) is 17.2 Å². The van der Waals surface area contributed by atoms with Gasteiger partial charge in [-0.25, -0.2) is 9.79 Å². The molecular formula is C26H24Cl2N2O6S. The first-order valence-corrected chi connectivity index (χ1v) is 13.0. The number of rotatable bonds is 7. The molecule has 1 atom stereocenters. The number of carbonyl (C=O) groups is 1. The molecule has 8 nitrogen and oxygen atoms in total. The van der Waals surface area contributed by atoms with Gasteiger partial charge in [-0.3, -0.25) is 9.36 Å². The molecule has 1 aliphatic rings. The van der Waals surface area contributed by atoms with Gasteiger partial charge in [-0.05, 0) is 56.7 Å². The van der Waals surface area contributed by atoms with Crippen LogP contribution in [0.15, 0.2) is 51.4 Å². The maximum atomic E-state index is 13.8. The van der Waals surface area contributed by atoms with Crippen molar-refractivity contribution >= 4 is 46.6 Å². The van der Waals surface area contributed by atoms with Gasteiger partial charge in [0, 0.05) is 10.6 Å². The van der Waals surface area contributed by atoms with Crippen LogP contribution in [0.2, 0.25) is 10.0 Å². The second-order valence-electron chi connectivity index (χ2n) is 7.97. The van der Waals surface area contributed by atoms with E-state index in [0.29, 0.717) is 39.2 Å². The van der Waals surface area contributed by atoms with E-state index in [1.165, 1.54) is 29.9 Å². The zero-order valence-electron chi connectivity index (χ0n) is 20.5. The second-order valence-corrected chi connectivity index (χ2v) is 9.82. The standard InChI is InChI=1S/C26H24Cl2N2O6S/c1-5-35-19-10-14(7-8-18(19)34-4)22-21(25(33)36-6-2)13(3)29-26-30(22)24(32)20(37-26)11-15-9-16(27)12-17(28)23(15)31/h7-12,22,31H,5-6H2,1-4H3/b20-11-/t22-/m0/s1. The number of carbonyl (C=O) groups excluding carboxylic acids is 1. The molecule has 0 fully saturated rings. The molecule has 0 bridgehead atoms. The zero-order valence-corrected chi connectivity index (χ0v) is 22.8. The number of hydrogen-bond acceptors (Lipinski definition) is 8. The highest BCUT2D eigenvalue weighted by Crippen LogP contribution is 2.36. The molecule has 0 saturated carbocycles. The highest BCUT2D eigenvalue weighted by molar-refractivity contribution is 7.07. The average Bonchev–Trinajstić information content (AvgIpc) is 3.15. The number of allylic oxidation sites excluding steroid dienone is 1. The number of ether oxygens (including phenoxy) is 3.